The van der Waals surface area contributed by atoms with E-state index in [1.54, 1.807) is 6.92 Å². The molecule has 0 saturated carbocycles. The summed E-state index contributed by atoms with van der Waals surface area (Å²) in [7, 11) is 0. The van der Waals surface area contributed by atoms with Gasteiger partial charge in [-0.3, -0.25) is 9.59 Å². The zero-order chi connectivity index (χ0) is 15.3. The first-order chi connectivity index (χ1) is 9.36. The molecule has 1 aliphatic heterocycles. The number of aliphatic carboxylic acids is 1. The van der Waals surface area contributed by atoms with Gasteiger partial charge in [0.05, 0.1) is 5.41 Å². The van der Waals surface area contributed by atoms with Crippen molar-refractivity contribution in [3.8, 4) is 0 Å². The maximum absolute atomic E-state index is 12.3. The molecule has 0 bridgehead atoms. The van der Waals surface area contributed by atoms with E-state index in [0.717, 1.165) is 0 Å². The molecule has 3 N–H and O–H groups in total. The zero-order valence-electron chi connectivity index (χ0n) is 12.1. The Morgan fingerprint density at radius 2 is 2.00 bits per heavy atom. The number of primary amides is 1. The van der Waals surface area contributed by atoms with Crippen LogP contribution in [0, 0.1) is 5.41 Å². The molecule has 0 aromatic carbocycles. The Kier molecular flexibility index (Phi) is 5.35. The number of nitrogens with two attached hydrogens (primary N) is 1. The molecule has 1 atom stereocenters. The third-order valence-electron chi connectivity index (χ3n) is 3.98. The van der Waals surface area contributed by atoms with Crippen molar-refractivity contribution in [2.45, 2.75) is 33.1 Å². The number of likely N-dealkylation sites (N-methyl/N-ethyl adjacent to an activating group) is 1. The van der Waals surface area contributed by atoms with Crippen LogP contribution in [0.3, 0.4) is 0 Å². The molecular weight excluding hydrogens is 262 g/mol. The summed E-state index contributed by atoms with van der Waals surface area (Å²) in [6, 6.07) is -0.315. The Morgan fingerprint density at radius 3 is 2.45 bits per heavy atom. The first-order valence-corrected chi connectivity index (χ1v) is 6.92. The van der Waals surface area contributed by atoms with Gasteiger partial charge in [-0.05, 0) is 26.2 Å². The molecule has 1 heterocycles. The molecule has 7 nitrogen and oxygen atoms in total. The fourth-order valence-electron chi connectivity index (χ4n) is 2.61. The van der Waals surface area contributed by atoms with Crippen molar-refractivity contribution in [3.05, 3.63) is 0 Å². The Hall–Kier alpha value is -1.79. The van der Waals surface area contributed by atoms with Gasteiger partial charge in [-0.25, -0.2) is 4.79 Å². The number of hydrogen-bond donors (Lipinski definition) is 2. The summed E-state index contributed by atoms with van der Waals surface area (Å²) in [5, 5.41) is 9.40. The highest BCUT2D eigenvalue weighted by molar-refractivity contribution is 5.84. The lowest BCUT2D eigenvalue weighted by atomic mass is 9.78. The molecule has 1 rings (SSSR count). The minimum absolute atomic E-state index is 0.141. The summed E-state index contributed by atoms with van der Waals surface area (Å²) in [6.45, 7) is 4.51. The van der Waals surface area contributed by atoms with Crippen molar-refractivity contribution in [1.82, 2.24) is 9.80 Å². The lowest BCUT2D eigenvalue weighted by molar-refractivity contribution is -0.152. The first kappa shape index (κ1) is 16.3. The van der Waals surface area contributed by atoms with Crippen molar-refractivity contribution >= 4 is 17.9 Å². The fourth-order valence-corrected chi connectivity index (χ4v) is 2.61. The van der Waals surface area contributed by atoms with Crippen LogP contribution in [0.1, 0.15) is 33.1 Å². The highest BCUT2D eigenvalue weighted by Gasteiger charge is 2.42. The predicted octanol–water partition coefficient (Wildman–Crippen LogP) is 0.490. The van der Waals surface area contributed by atoms with E-state index < -0.39 is 17.3 Å². The Balaban J connectivity index is 2.82. The van der Waals surface area contributed by atoms with E-state index in [0.29, 0.717) is 32.4 Å². The Morgan fingerprint density at radius 1 is 1.35 bits per heavy atom. The molecule has 0 radical (unpaired) electrons. The number of hydrogen-bond acceptors (Lipinski definition) is 3. The number of carboxylic acid groups (broad SMARTS) is 1. The van der Waals surface area contributed by atoms with Gasteiger partial charge >= 0.3 is 12.0 Å². The smallest absolute Gasteiger partial charge is 0.320 e. The van der Waals surface area contributed by atoms with E-state index in [9.17, 15) is 19.5 Å². The molecule has 20 heavy (non-hydrogen) atoms. The number of carboxylic acids is 1. The van der Waals surface area contributed by atoms with Crippen LogP contribution in [0.25, 0.3) is 0 Å². The van der Waals surface area contributed by atoms with Crippen LogP contribution in [0.5, 0.6) is 0 Å². The van der Waals surface area contributed by atoms with E-state index >= 15 is 0 Å². The standard InChI is InChI=1S/C13H23N3O4/c1-3-13(11(18)19)6-5-7-16(9-13)12(20)15(4-2)8-10(14)17/h3-9H2,1-2H3,(H2,14,17)(H,18,19). The summed E-state index contributed by atoms with van der Waals surface area (Å²) in [5.74, 6) is -1.44. The third-order valence-corrected chi connectivity index (χ3v) is 3.98. The maximum Gasteiger partial charge on any atom is 0.320 e. The van der Waals surface area contributed by atoms with Crippen LogP contribution in [-0.2, 0) is 9.59 Å². The molecular formula is C13H23N3O4. The number of carbonyl (C=O) groups excluding carboxylic acids is 2. The van der Waals surface area contributed by atoms with Crippen molar-refractivity contribution < 1.29 is 19.5 Å². The maximum atomic E-state index is 12.3. The molecule has 0 spiro atoms. The first-order valence-electron chi connectivity index (χ1n) is 6.92. The minimum atomic E-state index is -0.875. The Labute approximate surface area is 118 Å². The van der Waals surface area contributed by atoms with Crippen molar-refractivity contribution in [2.75, 3.05) is 26.2 Å². The van der Waals surface area contributed by atoms with Gasteiger partial charge in [0.25, 0.3) is 0 Å². The van der Waals surface area contributed by atoms with Crippen LogP contribution in [0.2, 0.25) is 0 Å². The Bertz CT molecular complexity index is 399. The molecule has 1 fully saturated rings. The van der Waals surface area contributed by atoms with Crippen LogP contribution < -0.4 is 5.73 Å². The van der Waals surface area contributed by atoms with Gasteiger partial charge in [-0.1, -0.05) is 6.92 Å². The second-order valence-corrected chi connectivity index (χ2v) is 5.23. The number of carbonyl (C=O) groups is 3. The summed E-state index contributed by atoms with van der Waals surface area (Å²) < 4.78 is 0. The molecule has 7 heteroatoms. The zero-order valence-corrected chi connectivity index (χ0v) is 12.1. The highest BCUT2D eigenvalue weighted by Crippen LogP contribution is 2.34. The van der Waals surface area contributed by atoms with Gasteiger partial charge in [-0.15, -0.1) is 0 Å². The van der Waals surface area contributed by atoms with Crippen molar-refractivity contribution in [1.29, 1.82) is 0 Å². The molecule has 3 amide bonds. The van der Waals surface area contributed by atoms with E-state index in [1.165, 1.54) is 9.80 Å². The number of amides is 3. The highest BCUT2D eigenvalue weighted by atomic mass is 16.4. The topological polar surface area (TPSA) is 104 Å². The molecule has 0 aromatic heterocycles. The van der Waals surface area contributed by atoms with Crippen LogP contribution >= 0.6 is 0 Å². The second kappa shape index (κ2) is 6.58. The molecule has 1 saturated heterocycles. The van der Waals surface area contributed by atoms with Crippen molar-refractivity contribution in [2.24, 2.45) is 11.1 Å². The van der Waals surface area contributed by atoms with Gasteiger partial charge < -0.3 is 20.6 Å². The summed E-state index contributed by atoms with van der Waals surface area (Å²) in [6.07, 6.45) is 1.71. The fraction of sp³-hybridized carbons (Fsp3) is 0.769. The van der Waals surface area contributed by atoms with Gasteiger partial charge in [0.2, 0.25) is 5.91 Å². The van der Waals surface area contributed by atoms with Crippen molar-refractivity contribution in [3.63, 3.8) is 0 Å². The summed E-state index contributed by atoms with van der Waals surface area (Å²) >= 11 is 0. The minimum Gasteiger partial charge on any atom is -0.481 e. The average molecular weight is 285 g/mol. The van der Waals surface area contributed by atoms with Crippen LogP contribution in [0.4, 0.5) is 4.79 Å². The van der Waals surface area contributed by atoms with Gasteiger partial charge in [-0.2, -0.15) is 0 Å². The molecule has 114 valence electrons. The van der Waals surface area contributed by atoms with E-state index in [2.05, 4.69) is 0 Å². The number of likely N-dealkylation sites (tertiary alicyclic amines) is 1. The number of nitrogens with zero attached hydrogens (tertiary/aromatic N) is 2. The van der Waals surface area contributed by atoms with E-state index in [-0.39, 0.29) is 19.1 Å². The third kappa shape index (κ3) is 3.40. The SMILES string of the molecule is CCN(CC(N)=O)C(=O)N1CCCC(CC)(C(=O)O)C1. The largest absolute Gasteiger partial charge is 0.481 e. The quantitative estimate of drug-likeness (QED) is 0.767. The molecule has 0 aromatic rings. The molecule has 0 aliphatic carbocycles. The number of rotatable bonds is 5. The van der Waals surface area contributed by atoms with Crippen LogP contribution in [0.15, 0.2) is 0 Å². The second-order valence-electron chi connectivity index (χ2n) is 5.23. The number of piperidine rings is 1. The summed E-state index contributed by atoms with van der Waals surface area (Å²) in [4.78, 5) is 37.6. The van der Waals surface area contributed by atoms with Gasteiger partial charge in [0, 0.05) is 19.6 Å². The van der Waals surface area contributed by atoms with E-state index in [4.69, 9.17) is 5.73 Å². The van der Waals surface area contributed by atoms with E-state index in [1.807, 2.05) is 6.92 Å². The monoisotopic (exact) mass is 285 g/mol. The normalized spacial score (nSPS) is 22.4. The summed E-state index contributed by atoms with van der Waals surface area (Å²) in [5.41, 5.74) is 4.24. The van der Waals surface area contributed by atoms with Gasteiger partial charge in [0.15, 0.2) is 0 Å². The lowest BCUT2D eigenvalue weighted by Crippen LogP contribution is -2.54. The molecule has 1 aliphatic rings. The molecule has 1 unspecified atom stereocenters. The number of urea groups is 1. The van der Waals surface area contributed by atoms with Gasteiger partial charge in [0.1, 0.15) is 6.54 Å². The average Bonchev–Trinajstić information content (AvgIpc) is 2.43. The lowest BCUT2D eigenvalue weighted by Gasteiger charge is -2.41. The van der Waals surface area contributed by atoms with Crippen LogP contribution in [-0.4, -0.2) is 59.0 Å². The predicted molar refractivity (Wildman–Crippen MR) is 73.0 cm³/mol.